The van der Waals surface area contributed by atoms with Crippen LogP contribution in [0.4, 0.5) is 18.9 Å². The molecule has 3 aliphatic rings. The van der Waals surface area contributed by atoms with E-state index in [2.05, 4.69) is 0 Å². The van der Waals surface area contributed by atoms with E-state index in [0.717, 1.165) is 28.2 Å². The quantitative estimate of drug-likeness (QED) is 0.686. The summed E-state index contributed by atoms with van der Waals surface area (Å²) in [6.07, 6.45) is -1.04. The number of imide groups is 1. The molecule has 0 spiro atoms. The summed E-state index contributed by atoms with van der Waals surface area (Å²) in [5.41, 5.74) is 0.617. The van der Waals surface area contributed by atoms with E-state index < -0.39 is 47.5 Å². The molecule has 0 N–H and O–H groups in total. The van der Waals surface area contributed by atoms with E-state index in [1.165, 1.54) is 19.1 Å². The van der Waals surface area contributed by atoms with Crippen LogP contribution in [0.25, 0.3) is 6.08 Å². The zero-order chi connectivity index (χ0) is 22.1. The summed E-state index contributed by atoms with van der Waals surface area (Å²) >= 11 is 0. The van der Waals surface area contributed by atoms with Crippen LogP contribution in [-0.4, -0.2) is 28.5 Å². The molecule has 0 aromatic heterocycles. The highest BCUT2D eigenvalue weighted by molar-refractivity contribution is 6.24. The van der Waals surface area contributed by atoms with Crippen molar-refractivity contribution in [1.82, 2.24) is 4.90 Å². The molecule has 2 saturated heterocycles. The van der Waals surface area contributed by atoms with E-state index >= 15 is 0 Å². The maximum absolute atomic E-state index is 13.5. The fourth-order valence-corrected chi connectivity index (χ4v) is 5.10. The maximum Gasteiger partial charge on any atom is 0.416 e. The summed E-state index contributed by atoms with van der Waals surface area (Å²) < 4.78 is 39.6. The van der Waals surface area contributed by atoms with Gasteiger partial charge >= 0.3 is 6.18 Å². The number of amides is 2. The van der Waals surface area contributed by atoms with Crippen molar-refractivity contribution in [3.8, 4) is 0 Å². The van der Waals surface area contributed by atoms with Crippen molar-refractivity contribution in [3.63, 3.8) is 0 Å². The van der Waals surface area contributed by atoms with E-state index in [0.29, 0.717) is 0 Å². The van der Waals surface area contributed by atoms with Crippen molar-refractivity contribution >= 4 is 29.4 Å². The van der Waals surface area contributed by atoms with Crippen LogP contribution in [0.2, 0.25) is 0 Å². The van der Waals surface area contributed by atoms with Crippen LogP contribution in [0.5, 0.6) is 0 Å². The summed E-state index contributed by atoms with van der Waals surface area (Å²) in [7, 11) is 0. The smallest absolute Gasteiger partial charge is 0.359 e. The summed E-state index contributed by atoms with van der Waals surface area (Å²) in [5.74, 6) is -3.32. The van der Waals surface area contributed by atoms with Crippen LogP contribution >= 0.6 is 0 Å². The fourth-order valence-electron chi connectivity index (χ4n) is 5.10. The Morgan fingerprint density at radius 2 is 1.68 bits per heavy atom. The van der Waals surface area contributed by atoms with Gasteiger partial charge in [-0.25, -0.2) is 4.90 Å². The number of nitrogens with zero attached hydrogens (tertiary/aromatic N) is 2. The first kappa shape index (κ1) is 19.5. The molecule has 2 amide bonds. The van der Waals surface area contributed by atoms with Gasteiger partial charge in [-0.15, -0.1) is 0 Å². The molecule has 0 radical (unpaired) electrons. The predicted molar refractivity (Wildman–Crippen MR) is 105 cm³/mol. The highest BCUT2D eigenvalue weighted by Crippen LogP contribution is 2.53. The van der Waals surface area contributed by atoms with Gasteiger partial charge in [-0.2, -0.15) is 13.2 Å². The molecule has 4 unspecified atom stereocenters. The summed E-state index contributed by atoms with van der Waals surface area (Å²) in [5, 5.41) is 0. The van der Waals surface area contributed by atoms with E-state index in [9.17, 15) is 27.6 Å². The van der Waals surface area contributed by atoms with Crippen molar-refractivity contribution in [2.45, 2.75) is 25.2 Å². The Balaban J connectivity index is 1.62. The van der Waals surface area contributed by atoms with Crippen LogP contribution in [0.1, 0.15) is 29.7 Å². The molecule has 31 heavy (non-hydrogen) atoms. The number of alkyl halides is 3. The summed E-state index contributed by atoms with van der Waals surface area (Å²) in [4.78, 5) is 41.9. The standard InChI is InChI=1S/C23H17F3N2O3/c1-12(29)19-17-18(20-16-8-3-2-5-13(16)9-10-27(19)20)22(31)28(21(17)30)15-7-4-6-14(11-15)23(24,25)26/h2-11,17-20H,1H3. The van der Waals surface area contributed by atoms with Gasteiger partial charge in [0.1, 0.15) is 0 Å². The number of carbonyl (C=O) groups is 3. The summed E-state index contributed by atoms with van der Waals surface area (Å²) in [6.45, 7) is 1.36. The van der Waals surface area contributed by atoms with E-state index in [1.807, 2.05) is 30.3 Å². The summed E-state index contributed by atoms with van der Waals surface area (Å²) in [6, 6.07) is 10.2. The fraction of sp³-hybridized carbons (Fsp3) is 0.261. The molecule has 158 valence electrons. The number of hydrogen-bond donors (Lipinski definition) is 0. The van der Waals surface area contributed by atoms with Gasteiger partial charge in [-0.1, -0.05) is 30.3 Å². The Morgan fingerprint density at radius 3 is 2.39 bits per heavy atom. The Hall–Kier alpha value is -3.42. The molecule has 2 fully saturated rings. The second kappa shape index (κ2) is 6.54. The average molecular weight is 426 g/mol. The molecule has 0 aliphatic carbocycles. The lowest BCUT2D eigenvalue weighted by molar-refractivity contribution is -0.137. The first-order valence-corrected chi connectivity index (χ1v) is 9.80. The highest BCUT2D eigenvalue weighted by Gasteiger charge is 2.64. The molecule has 3 aliphatic heterocycles. The highest BCUT2D eigenvalue weighted by atomic mass is 19.4. The van der Waals surface area contributed by atoms with Crippen molar-refractivity contribution in [3.05, 3.63) is 71.4 Å². The van der Waals surface area contributed by atoms with Gasteiger partial charge in [-0.05, 0) is 42.3 Å². The maximum atomic E-state index is 13.5. The number of fused-ring (bicyclic) bond motifs is 5. The van der Waals surface area contributed by atoms with Crippen molar-refractivity contribution < 1.29 is 27.6 Å². The van der Waals surface area contributed by atoms with Gasteiger partial charge in [0.05, 0.1) is 35.2 Å². The number of benzene rings is 2. The zero-order valence-corrected chi connectivity index (χ0v) is 16.3. The van der Waals surface area contributed by atoms with Gasteiger partial charge in [0, 0.05) is 6.20 Å². The SMILES string of the molecule is CC(=O)C1C2C(=O)N(c3cccc(C(F)(F)F)c3)C(=O)C2C2c3ccccc3C=CN12. The Labute approximate surface area is 175 Å². The molecule has 2 aromatic carbocycles. The van der Waals surface area contributed by atoms with Gasteiger partial charge in [0.15, 0.2) is 5.78 Å². The number of anilines is 1. The number of rotatable bonds is 2. The third-order valence-corrected chi connectivity index (χ3v) is 6.31. The molecule has 2 aromatic rings. The number of halogens is 3. The molecular formula is C23H17F3N2O3. The van der Waals surface area contributed by atoms with E-state index in [1.54, 1.807) is 11.1 Å². The van der Waals surface area contributed by atoms with Gasteiger partial charge < -0.3 is 4.90 Å². The Morgan fingerprint density at radius 1 is 0.968 bits per heavy atom. The molecule has 3 heterocycles. The largest absolute Gasteiger partial charge is 0.416 e. The molecule has 8 heteroatoms. The normalized spacial score (nSPS) is 26.7. The van der Waals surface area contributed by atoms with Crippen LogP contribution < -0.4 is 4.90 Å². The van der Waals surface area contributed by atoms with Crippen molar-refractivity contribution in [2.24, 2.45) is 11.8 Å². The number of Topliss-reactive ketones (excluding diaryl/α,β-unsaturated/α-hetero) is 1. The van der Waals surface area contributed by atoms with Crippen LogP contribution in [0.3, 0.4) is 0 Å². The second-order valence-corrected chi connectivity index (χ2v) is 8.00. The first-order chi connectivity index (χ1) is 14.7. The molecular weight excluding hydrogens is 409 g/mol. The molecule has 0 bridgehead atoms. The lowest BCUT2D eigenvalue weighted by atomic mass is 9.84. The predicted octanol–water partition coefficient (Wildman–Crippen LogP) is 3.81. The minimum Gasteiger partial charge on any atom is -0.359 e. The number of hydrogen-bond acceptors (Lipinski definition) is 4. The van der Waals surface area contributed by atoms with Crippen LogP contribution in [-0.2, 0) is 20.6 Å². The Bertz CT molecular complexity index is 1160. The lowest BCUT2D eigenvalue weighted by Gasteiger charge is -2.35. The monoisotopic (exact) mass is 426 g/mol. The molecule has 5 rings (SSSR count). The van der Waals surface area contributed by atoms with E-state index in [4.69, 9.17) is 0 Å². The number of carbonyl (C=O) groups excluding carboxylic acids is 3. The minimum absolute atomic E-state index is 0.132. The third-order valence-electron chi connectivity index (χ3n) is 6.31. The van der Waals surface area contributed by atoms with Gasteiger partial charge in [0.2, 0.25) is 11.8 Å². The lowest BCUT2D eigenvalue weighted by Crippen LogP contribution is -2.43. The van der Waals surface area contributed by atoms with E-state index in [-0.39, 0.29) is 11.5 Å². The molecule has 5 nitrogen and oxygen atoms in total. The van der Waals surface area contributed by atoms with Crippen LogP contribution in [0, 0.1) is 11.8 Å². The van der Waals surface area contributed by atoms with Gasteiger partial charge in [0.25, 0.3) is 0 Å². The second-order valence-electron chi connectivity index (χ2n) is 8.00. The van der Waals surface area contributed by atoms with Crippen LogP contribution in [0.15, 0.2) is 54.7 Å². The Kier molecular flexibility index (Phi) is 4.12. The molecule has 0 saturated carbocycles. The zero-order valence-electron chi connectivity index (χ0n) is 16.3. The topological polar surface area (TPSA) is 57.7 Å². The van der Waals surface area contributed by atoms with Crippen molar-refractivity contribution in [1.29, 1.82) is 0 Å². The third kappa shape index (κ3) is 2.74. The van der Waals surface area contributed by atoms with Crippen molar-refractivity contribution in [2.75, 3.05) is 4.90 Å². The molecule has 4 atom stereocenters. The minimum atomic E-state index is -4.61. The average Bonchev–Trinajstić information content (AvgIpc) is 3.20. The van der Waals surface area contributed by atoms with Gasteiger partial charge in [-0.3, -0.25) is 14.4 Å². The number of ketones is 1. The first-order valence-electron chi connectivity index (χ1n) is 9.80.